The molecule has 1 saturated heterocycles. The average molecular weight is 277 g/mol. The van der Waals surface area contributed by atoms with Crippen LogP contribution in [0.25, 0.3) is 0 Å². The molecule has 2 aromatic rings. The van der Waals surface area contributed by atoms with Crippen LogP contribution >= 0.6 is 11.3 Å². The molecule has 0 amide bonds. The van der Waals surface area contributed by atoms with Gasteiger partial charge in [0.1, 0.15) is 5.82 Å². The molecule has 5 nitrogen and oxygen atoms in total. The Morgan fingerprint density at radius 3 is 2.58 bits per heavy atom. The summed E-state index contributed by atoms with van der Waals surface area (Å²) in [6.07, 6.45) is 5.83. The summed E-state index contributed by atoms with van der Waals surface area (Å²) in [4.78, 5) is 15.0. The van der Waals surface area contributed by atoms with Crippen molar-refractivity contribution in [1.82, 2.24) is 19.4 Å². The second-order valence-electron chi connectivity index (χ2n) is 4.97. The van der Waals surface area contributed by atoms with Gasteiger partial charge in [-0.15, -0.1) is 11.3 Å². The van der Waals surface area contributed by atoms with E-state index in [1.165, 1.54) is 4.88 Å². The van der Waals surface area contributed by atoms with Gasteiger partial charge in [0.25, 0.3) is 0 Å². The molecule has 0 saturated carbocycles. The second kappa shape index (κ2) is 5.30. The number of aryl methyl sites for hydroxylation is 2. The minimum atomic E-state index is 0.939. The van der Waals surface area contributed by atoms with Gasteiger partial charge in [-0.25, -0.2) is 9.97 Å². The van der Waals surface area contributed by atoms with Crippen LogP contribution in [0.15, 0.2) is 18.6 Å². The Balaban J connectivity index is 1.56. The molecule has 0 N–H and O–H groups in total. The summed E-state index contributed by atoms with van der Waals surface area (Å²) in [6.45, 7) is 7.30. The fourth-order valence-corrected chi connectivity index (χ4v) is 3.15. The second-order valence-corrected chi connectivity index (χ2v) is 6.18. The minimum Gasteiger partial charge on any atom is -0.346 e. The van der Waals surface area contributed by atoms with E-state index < -0.39 is 0 Å². The fourth-order valence-electron chi connectivity index (χ4n) is 2.34. The monoisotopic (exact) mass is 277 g/mol. The van der Waals surface area contributed by atoms with Crippen molar-refractivity contribution < 1.29 is 0 Å². The van der Waals surface area contributed by atoms with E-state index in [4.69, 9.17) is 0 Å². The van der Waals surface area contributed by atoms with Crippen LogP contribution in [0.1, 0.15) is 10.7 Å². The number of anilines is 1. The average Bonchev–Trinajstić information content (AvgIpc) is 3.00. The topological polar surface area (TPSA) is 37.2 Å². The van der Waals surface area contributed by atoms with E-state index in [0.717, 1.165) is 43.7 Å². The number of piperazine rings is 1. The maximum Gasteiger partial charge on any atom is 0.185 e. The molecule has 19 heavy (non-hydrogen) atoms. The zero-order chi connectivity index (χ0) is 13.2. The number of rotatable bonds is 3. The maximum atomic E-state index is 4.46. The van der Waals surface area contributed by atoms with Crippen molar-refractivity contribution in [3.63, 3.8) is 0 Å². The molecule has 0 unspecified atom stereocenters. The third-order valence-electron chi connectivity index (χ3n) is 3.54. The van der Waals surface area contributed by atoms with Crippen LogP contribution in [0.4, 0.5) is 5.13 Å². The largest absolute Gasteiger partial charge is 0.346 e. The molecule has 0 aliphatic carbocycles. The van der Waals surface area contributed by atoms with E-state index in [1.54, 1.807) is 11.3 Å². The standard InChI is InChI=1S/C13H19N5S/c1-11-9-15-13(19-11)18-7-5-17(6-8-18)10-12-14-3-4-16(12)2/h3-4,9H,5-8,10H2,1-2H3. The first-order valence-corrected chi connectivity index (χ1v) is 7.40. The molecule has 0 bridgehead atoms. The number of thiazole rings is 1. The molecule has 0 radical (unpaired) electrons. The number of aromatic nitrogens is 3. The van der Waals surface area contributed by atoms with E-state index in [1.807, 2.05) is 18.6 Å². The Morgan fingerprint density at radius 2 is 2.00 bits per heavy atom. The van der Waals surface area contributed by atoms with Gasteiger partial charge in [0.05, 0.1) is 6.54 Å². The number of nitrogens with zero attached hydrogens (tertiary/aromatic N) is 5. The van der Waals surface area contributed by atoms with Gasteiger partial charge < -0.3 is 9.47 Å². The smallest absolute Gasteiger partial charge is 0.185 e. The Morgan fingerprint density at radius 1 is 1.21 bits per heavy atom. The molecule has 0 atom stereocenters. The van der Waals surface area contributed by atoms with Crippen molar-refractivity contribution in [1.29, 1.82) is 0 Å². The quantitative estimate of drug-likeness (QED) is 0.852. The van der Waals surface area contributed by atoms with Crippen LogP contribution in [0.3, 0.4) is 0 Å². The molecule has 1 aliphatic rings. The predicted molar refractivity (Wildman–Crippen MR) is 77.5 cm³/mol. The molecular formula is C13H19N5S. The SMILES string of the molecule is Cc1cnc(N2CCN(Cc3nccn3C)CC2)s1. The van der Waals surface area contributed by atoms with Gasteiger partial charge in [0.15, 0.2) is 5.13 Å². The Labute approximate surface area is 117 Å². The van der Waals surface area contributed by atoms with E-state index in [0.29, 0.717) is 0 Å². The van der Waals surface area contributed by atoms with E-state index in [9.17, 15) is 0 Å². The lowest BCUT2D eigenvalue weighted by Crippen LogP contribution is -2.46. The highest BCUT2D eigenvalue weighted by molar-refractivity contribution is 7.15. The van der Waals surface area contributed by atoms with Crippen molar-refractivity contribution >= 4 is 16.5 Å². The zero-order valence-electron chi connectivity index (χ0n) is 11.4. The van der Waals surface area contributed by atoms with E-state index in [-0.39, 0.29) is 0 Å². The fraction of sp³-hybridized carbons (Fsp3) is 0.538. The van der Waals surface area contributed by atoms with E-state index in [2.05, 4.69) is 38.3 Å². The lowest BCUT2D eigenvalue weighted by Gasteiger charge is -2.34. The molecule has 3 rings (SSSR count). The van der Waals surface area contributed by atoms with Gasteiger partial charge in [0, 0.05) is 56.7 Å². The van der Waals surface area contributed by atoms with Gasteiger partial charge in [0.2, 0.25) is 0 Å². The lowest BCUT2D eigenvalue weighted by atomic mass is 10.3. The molecular weight excluding hydrogens is 258 g/mol. The number of hydrogen-bond acceptors (Lipinski definition) is 5. The van der Waals surface area contributed by atoms with Crippen LogP contribution in [0.2, 0.25) is 0 Å². The summed E-state index contributed by atoms with van der Waals surface area (Å²) >= 11 is 1.78. The van der Waals surface area contributed by atoms with Gasteiger partial charge >= 0.3 is 0 Å². The van der Waals surface area contributed by atoms with Gasteiger partial charge in [-0.3, -0.25) is 4.90 Å². The molecule has 1 fully saturated rings. The van der Waals surface area contributed by atoms with E-state index >= 15 is 0 Å². The summed E-state index contributed by atoms with van der Waals surface area (Å²) in [6, 6.07) is 0. The summed E-state index contributed by atoms with van der Waals surface area (Å²) in [7, 11) is 2.05. The third kappa shape index (κ3) is 2.79. The van der Waals surface area contributed by atoms with Crippen LogP contribution in [0.5, 0.6) is 0 Å². The van der Waals surface area contributed by atoms with Crippen LogP contribution in [-0.2, 0) is 13.6 Å². The first-order chi connectivity index (χ1) is 9.22. The molecule has 0 spiro atoms. The highest BCUT2D eigenvalue weighted by Crippen LogP contribution is 2.22. The number of imidazole rings is 1. The Hall–Kier alpha value is -1.40. The highest BCUT2D eigenvalue weighted by atomic mass is 32.1. The predicted octanol–water partition coefficient (Wildman–Crippen LogP) is 1.51. The van der Waals surface area contributed by atoms with Crippen molar-refractivity contribution in [2.45, 2.75) is 13.5 Å². The normalized spacial score (nSPS) is 17.1. The first-order valence-electron chi connectivity index (χ1n) is 6.58. The van der Waals surface area contributed by atoms with Crippen molar-refractivity contribution in [3.05, 3.63) is 29.3 Å². The van der Waals surface area contributed by atoms with Gasteiger partial charge in [-0.1, -0.05) is 0 Å². The van der Waals surface area contributed by atoms with Crippen molar-refractivity contribution in [3.8, 4) is 0 Å². The van der Waals surface area contributed by atoms with Gasteiger partial charge in [-0.2, -0.15) is 0 Å². The molecule has 102 valence electrons. The Bertz CT molecular complexity index is 539. The zero-order valence-corrected chi connectivity index (χ0v) is 12.2. The molecule has 3 heterocycles. The van der Waals surface area contributed by atoms with Crippen molar-refractivity contribution in [2.24, 2.45) is 7.05 Å². The third-order valence-corrected chi connectivity index (χ3v) is 4.51. The highest BCUT2D eigenvalue weighted by Gasteiger charge is 2.19. The molecule has 1 aliphatic heterocycles. The lowest BCUT2D eigenvalue weighted by molar-refractivity contribution is 0.242. The van der Waals surface area contributed by atoms with Crippen LogP contribution in [0, 0.1) is 6.92 Å². The molecule has 0 aromatic carbocycles. The van der Waals surface area contributed by atoms with Crippen molar-refractivity contribution in [2.75, 3.05) is 31.1 Å². The number of hydrogen-bond donors (Lipinski definition) is 0. The van der Waals surface area contributed by atoms with Crippen LogP contribution < -0.4 is 4.90 Å². The molecule has 6 heteroatoms. The van der Waals surface area contributed by atoms with Crippen LogP contribution in [-0.4, -0.2) is 45.6 Å². The minimum absolute atomic E-state index is 0.939. The first kappa shape index (κ1) is 12.6. The Kier molecular flexibility index (Phi) is 3.52. The summed E-state index contributed by atoms with van der Waals surface area (Å²) < 4.78 is 2.09. The summed E-state index contributed by atoms with van der Waals surface area (Å²) in [5.41, 5.74) is 0. The van der Waals surface area contributed by atoms with Gasteiger partial charge in [-0.05, 0) is 6.92 Å². The summed E-state index contributed by atoms with van der Waals surface area (Å²) in [5, 5.41) is 1.16. The summed E-state index contributed by atoms with van der Waals surface area (Å²) in [5.74, 6) is 1.14. The maximum absolute atomic E-state index is 4.46. The molecule has 2 aromatic heterocycles.